The molecule has 2 aromatic rings. The van der Waals surface area contributed by atoms with E-state index < -0.39 is 0 Å². The topological polar surface area (TPSA) is 107 Å². The molecule has 9 nitrogen and oxygen atoms in total. The van der Waals surface area contributed by atoms with Crippen molar-refractivity contribution in [2.24, 2.45) is 0 Å². The number of piperazine rings is 1. The van der Waals surface area contributed by atoms with Gasteiger partial charge in [-0.15, -0.1) is 0 Å². The number of likely N-dealkylation sites (N-methyl/N-ethyl adjacent to an activating group) is 1. The van der Waals surface area contributed by atoms with Crippen LogP contribution in [0.1, 0.15) is 16.1 Å². The molecule has 0 unspecified atom stereocenters. The molecule has 0 radical (unpaired) electrons. The summed E-state index contributed by atoms with van der Waals surface area (Å²) in [6.07, 6.45) is 1.55. The van der Waals surface area contributed by atoms with Crippen molar-refractivity contribution in [3.8, 4) is 0 Å². The van der Waals surface area contributed by atoms with Gasteiger partial charge in [0.1, 0.15) is 5.76 Å². The Bertz CT molecular complexity index is 860. The highest BCUT2D eigenvalue weighted by molar-refractivity contribution is 6.04. The SMILES string of the molecule is CNC(=O)CN1CCN(CC(=O)Nc2ccccc2C(=O)NCc2ccco2)CC1. The number of benzene rings is 1. The maximum Gasteiger partial charge on any atom is 0.253 e. The third-order valence-electron chi connectivity index (χ3n) is 4.93. The first-order valence-corrected chi connectivity index (χ1v) is 9.90. The zero-order valence-corrected chi connectivity index (χ0v) is 17.0. The summed E-state index contributed by atoms with van der Waals surface area (Å²) in [7, 11) is 1.62. The van der Waals surface area contributed by atoms with Gasteiger partial charge in [0.2, 0.25) is 11.8 Å². The smallest absolute Gasteiger partial charge is 0.253 e. The van der Waals surface area contributed by atoms with E-state index in [1.807, 2.05) is 4.90 Å². The van der Waals surface area contributed by atoms with Gasteiger partial charge < -0.3 is 20.4 Å². The highest BCUT2D eigenvalue weighted by atomic mass is 16.3. The number of hydrogen-bond donors (Lipinski definition) is 3. The third-order valence-corrected chi connectivity index (χ3v) is 4.93. The fourth-order valence-electron chi connectivity index (χ4n) is 3.25. The Kier molecular flexibility index (Phi) is 7.58. The van der Waals surface area contributed by atoms with Crippen LogP contribution in [-0.2, 0) is 16.1 Å². The summed E-state index contributed by atoms with van der Waals surface area (Å²) >= 11 is 0. The number of rotatable bonds is 8. The molecule has 3 rings (SSSR count). The van der Waals surface area contributed by atoms with Crippen LogP contribution in [0.15, 0.2) is 47.1 Å². The number of nitrogens with zero attached hydrogens (tertiary/aromatic N) is 2. The minimum absolute atomic E-state index is 0.0110. The molecule has 9 heteroatoms. The monoisotopic (exact) mass is 413 g/mol. The van der Waals surface area contributed by atoms with E-state index in [1.165, 1.54) is 0 Å². The Morgan fingerprint density at radius 1 is 0.933 bits per heavy atom. The lowest BCUT2D eigenvalue weighted by Gasteiger charge is -2.33. The van der Waals surface area contributed by atoms with Crippen molar-refractivity contribution in [2.45, 2.75) is 6.54 Å². The highest BCUT2D eigenvalue weighted by Gasteiger charge is 2.21. The molecular weight excluding hydrogens is 386 g/mol. The Morgan fingerprint density at radius 2 is 1.60 bits per heavy atom. The average molecular weight is 413 g/mol. The summed E-state index contributed by atoms with van der Waals surface area (Å²) in [5.74, 6) is 0.176. The largest absolute Gasteiger partial charge is 0.467 e. The molecule has 3 amide bonds. The van der Waals surface area contributed by atoms with Crippen LogP contribution in [0.5, 0.6) is 0 Å². The van der Waals surface area contributed by atoms with Gasteiger partial charge in [0.25, 0.3) is 5.91 Å². The summed E-state index contributed by atoms with van der Waals surface area (Å²) in [6.45, 7) is 3.74. The Morgan fingerprint density at radius 3 is 2.23 bits per heavy atom. The molecule has 3 N–H and O–H groups in total. The maximum absolute atomic E-state index is 12.5. The molecule has 0 spiro atoms. The molecule has 1 aliphatic heterocycles. The van der Waals surface area contributed by atoms with Crippen molar-refractivity contribution in [1.82, 2.24) is 20.4 Å². The number of nitrogens with one attached hydrogen (secondary N) is 3. The molecule has 0 saturated carbocycles. The fourth-order valence-corrected chi connectivity index (χ4v) is 3.25. The number of anilines is 1. The van der Waals surface area contributed by atoms with E-state index in [1.54, 1.807) is 49.7 Å². The summed E-state index contributed by atoms with van der Waals surface area (Å²) in [5, 5.41) is 8.25. The summed E-state index contributed by atoms with van der Waals surface area (Å²) in [4.78, 5) is 40.6. The molecule has 0 atom stereocenters. The third kappa shape index (κ3) is 6.16. The second-order valence-corrected chi connectivity index (χ2v) is 7.08. The van der Waals surface area contributed by atoms with E-state index in [0.717, 1.165) is 13.1 Å². The zero-order valence-electron chi connectivity index (χ0n) is 17.0. The maximum atomic E-state index is 12.5. The quantitative estimate of drug-likeness (QED) is 0.582. The van der Waals surface area contributed by atoms with Crippen LogP contribution in [0.2, 0.25) is 0 Å². The van der Waals surface area contributed by atoms with Gasteiger partial charge in [-0.3, -0.25) is 24.2 Å². The van der Waals surface area contributed by atoms with Crippen molar-refractivity contribution in [2.75, 3.05) is 51.6 Å². The Labute approximate surface area is 175 Å². The van der Waals surface area contributed by atoms with Crippen LogP contribution in [-0.4, -0.2) is 73.8 Å². The second kappa shape index (κ2) is 10.6. The molecule has 30 heavy (non-hydrogen) atoms. The van der Waals surface area contributed by atoms with Crippen molar-refractivity contribution in [3.05, 3.63) is 54.0 Å². The lowest BCUT2D eigenvalue weighted by molar-refractivity contribution is -0.123. The van der Waals surface area contributed by atoms with Gasteiger partial charge >= 0.3 is 0 Å². The first-order valence-electron chi connectivity index (χ1n) is 9.90. The molecule has 160 valence electrons. The van der Waals surface area contributed by atoms with Crippen molar-refractivity contribution >= 4 is 23.4 Å². The van der Waals surface area contributed by atoms with E-state index in [4.69, 9.17) is 4.42 Å². The van der Waals surface area contributed by atoms with E-state index in [-0.39, 0.29) is 30.8 Å². The molecule has 1 fully saturated rings. The van der Waals surface area contributed by atoms with Gasteiger partial charge in [0, 0.05) is 33.2 Å². The van der Waals surface area contributed by atoms with Crippen LogP contribution in [0, 0.1) is 0 Å². The van der Waals surface area contributed by atoms with E-state index in [0.29, 0.717) is 36.6 Å². The zero-order chi connectivity index (χ0) is 21.3. The lowest BCUT2D eigenvalue weighted by Crippen LogP contribution is -2.50. The molecule has 1 aromatic heterocycles. The minimum atomic E-state index is -0.287. The first kappa shape index (κ1) is 21.5. The van der Waals surface area contributed by atoms with Gasteiger partial charge in [-0.25, -0.2) is 0 Å². The predicted octanol–water partition coefficient (Wildman–Crippen LogP) is 0.512. The van der Waals surface area contributed by atoms with Gasteiger partial charge in [-0.2, -0.15) is 0 Å². The Hall–Kier alpha value is -3.17. The molecule has 0 bridgehead atoms. The molecule has 0 aliphatic carbocycles. The molecule has 2 heterocycles. The fraction of sp³-hybridized carbons (Fsp3) is 0.381. The number of furan rings is 1. The van der Waals surface area contributed by atoms with Crippen LogP contribution >= 0.6 is 0 Å². The van der Waals surface area contributed by atoms with Crippen molar-refractivity contribution in [1.29, 1.82) is 0 Å². The molecule has 1 aliphatic rings. The number of carbonyl (C=O) groups excluding carboxylic acids is 3. The predicted molar refractivity (Wildman–Crippen MR) is 112 cm³/mol. The lowest BCUT2D eigenvalue weighted by atomic mass is 10.1. The molecule has 1 saturated heterocycles. The van der Waals surface area contributed by atoms with Crippen LogP contribution in [0.25, 0.3) is 0 Å². The number of amides is 3. The van der Waals surface area contributed by atoms with Crippen molar-refractivity contribution < 1.29 is 18.8 Å². The minimum Gasteiger partial charge on any atom is -0.467 e. The van der Waals surface area contributed by atoms with Crippen molar-refractivity contribution in [3.63, 3.8) is 0 Å². The van der Waals surface area contributed by atoms with E-state index in [2.05, 4.69) is 20.9 Å². The average Bonchev–Trinajstić information content (AvgIpc) is 3.27. The first-order chi connectivity index (χ1) is 14.5. The van der Waals surface area contributed by atoms with E-state index in [9.17, 15) is 14.4 Å². The van der Waals surface area contributed by atoms with Gasteiger partial charge in [0.15, 0.2) is 0 Å². The number of hydrogen-bond acceptors (Lipinski definition) is 6. The van der Waals surface area contributed by atoms with E-state index >= 15 is 0 Å². The van der Waals surface area contributed by atoms with Crippen LogP contribution < -0.4 is 16.0 Å². The van der Waals surface area contributed by atoms with Crippen LogP contribution in [0.3, 0.4) is 0 Å². The van der Waals surface area contributed by atoms with Gasteiger partial charge in [-0.1, -0.05) is 12.1 Å². The molecule has 1 aromatic carbocycles. The van der Waals surface area contributed by atoms with Crippen LogP contribution in [0.4, 0.5) is 5.69 Å². The summed E-state index contributed by atoms with van der Waals surface area (Å²) in [5.41, 5.74) is 0.866. The Balaban J connectivity index is 1.49. The normalized spacial score (nSPS) is 14.8. The molecular formula is C21H27N5O4. The van der Waals surface area contributed by atoms with Gasteiger partial charge in [-0.05, 0) is 24.3 Å². The second-order valence-electron chi connectivity index (χ2n) is 7.08. The standard InChI is InChI=1S/C21H27N5O4/c1-22-19(27)14-25-8-10-26(11-9-25)15-20(28)24-18-7-3-2-6-17(18)21(29)23-13-16-5-4-12-30-16/h2-7,12H,8-11,13-15H2,1H3,(H,22,27)(H,23,29)(H,24,28). The van der Waals surface area contributed by atoms with Gasteiger partial charge in [0.05, 0.1) is 37.1 Å². The highest BCUT2D eigenvalue weighted by Crippen LogP contribution is 2.15. The number of para-hydroxylation sites is 1. The number of carbonyl (C=O) groups is 3. The summed E-state index contributed by atoms with van der Waals surface area (Å²) < 4.78 is 5.22. The summed E-state index contributed by atoms with van der Waals surface area (Å²) in [6, 6.07) is 10.4.